The maximum atomic E-state index is 4.69. The molecule has 0 spiro atoms. The highest BCUT2D eigenvalue weighted by Gasteiger charge is 2.27. The van der Waals surface area contributed by atoms with E-state index in [4.69, 9.17) is 4.98 Å². The smallest absolute Gasteiger partial charge is 0.185 e. The van der Waals surface area contributed by atoms with Gasteiger partial charge < -0.3 is 9.80 Å². The summed E-state index contributed by atoms with van der Waals surface area (Å²) >= 11 is 1.89. The van der Waals surface area contributed by atoms with Crippen LogP contribution in [-0.2, 0) is 13.1 Å². The Morgan fingerprint density at radius 2 is 1.85 bits per heavy atom. The summed E-state index contributed by atoms with van der Waals surface area (Å²) in [5.41, 5.74) is 2.86. The normalized spacial score (nSPS) is 21.2. The molecule has 2 fully saturated rings. The monoisotopic (exact) mass is 370 g/mol. The van der Waals surface area contributed by atoms with Crippen LogP contribution in [0.2, 0.25) is 0 Å². The van der Waals surface area contributed by atoms with Crippen LogP contribution in [0.5, 0.6) is 0 Å². The van der Waals surface area contributed by atoms with Crippen molar-refractivity contribution in [2.75, 3.05) is 38.6 Å². The lowest BCUT2D eigenvalue weighted by molar-refractivity contribution is 0.250. The third kappa shape index (κ3) is 4.11. The Hall–Kier alpha value is -1.43. The van der Waals surface area contributed by atoms with Crippen LogP contribution in [0.3, 0.4) is 0 Å². The Kier molecular flexibility index (Phi) is 5.57. The van der Waals surface area contributed by atoms with Gasteiger partial charge in [-0.15, -0.1) is 11.3 Å². The number of aromatic nitrogens is 1. The quantitative estimate of drug-likeness (QED) is 0.762. The van der Waals surface area contributed by atoms with E-state index in [0.717, 1.165) is 13.1 Å². The Morgan fingerprint density at radius 3 is 2.58 bits per heavy atom. The lowest BCUT2D eigenvalue weighted by atomic mass is 10.0. The summed E-state index contributed by atoms with van der Waals surface area (Å²) in [4.78, 5) is 13.4. The topological polar surface area (TPSA) is 22.6 Å². The molecule has 0 amide bonds. The fourth-order valence-electron chi connectivity index (χ4n) is 4.23. The molecule has 140 valence electrons. The number of benzene rings is 1. The maximum absolute atomic E-state index is 4.69. The van der Waals surface area contributed by atoms with Gasteiger partial charge in [0.2, 0.25) is 0 Å². The number of hydrogen-bond acceptors (Lipinski definition) is 5. The molecule has 3 heterocycles. The molecular formula is C21H30N4S. The number of likely N-dealkylation sites (tertiary alicyclic amines) is 1. The van der Waals surface area contributed by atoms with Crippen LogP contribution >= 0.6 is 11.3 Å². The summed E-state index contributed by atoms with van der Waals surface area (Å²) in [6.07, 6.45) is 7.29. The van der Waals surface area contributed by atoms with E-state index in [0.29, 0.717) is 6.04 Å². The highest BCUT2D eigenvalue weighted by molar-refractivity contribution is 7.15. The van der Waals surface area contributed by atoms with Crippen molar-refractivity contribution in [2.45, 2.75) is 44.8 Å². The van der Waals surface area contributed by atoms with E-state index < -0.39 is 0 Å². The van der Waals surface area contributed by atoms with E-state index in [-0.39, 0.29) is 0 Å². The fraction of sp³-hybridized carbons (Fsp3) is 0.571. The van der Waals surface area contributed by atoms with Crippen molar-refractivity contribution in [3.8, 4) is 0 Å². The van der Waals surface area contributed by atoms with Crippen molar-refractivity contribution in [2.24, 2.45) is 0 Å². The minimum absolute atomic E-state index is 0.556. The van der Waals surface area contributed by atoms with Crippen molar-refractivity contribution >= 4 is 16.5 Å². The first-order valence-corrected chi connectivity index (χ1v) is 10.7. The van der Waals surface area contributed by atoms with Crippen molar-refractivity contribution in [1.82, 2.24) is 14.8 Å². The van der Waals surface area contributed by atoms with Gasteiger partial charge in [-0.1, -0.05) is 24.3 Å². The second-order valence-electron chi connectivity index (χ2n) is 7.91. The highest BCUT2D eigenvalue weighted by Crippen LogP contribution is 2.35. The zero-order valence-electron chi connectivity index (χ0n) is 16.0. The molecule has 4 nitrogen and oxygen atoms in total. The van der Waals surface area contributed by atoms with Gasteiger partial charge in [0.25, 0.3) is 0 Å². The predicted octanol–water partition coefficient (Wildman–Crippen LogP) is 4.14. The average Bonchev–Trinajstić information content (AvgIpc) is 3.37. The molecule has 4 rings (SSSR count). The lowest BCUT2D eigenvalue weighted by Gasteiger charge is -2.24. The summed E-state index contributed by atoms with van der Waals surface area (Å²) in [5.74, 6) is 0. The summed E-state index contributed by atoms with van der Waals surface area (Å²) in [6, 6.07) is 9.82. The SMILES string of the molecule is CN(C)Cc1ccc(C2CCCN2Cc2cnc(N3CCCC3)s2)cc1. The van der Waals surface area contributed by atoms with Gasteiger partial charge in [0.15, 0.2) is 5.13 Å². The molecule has 1 aromatic carbocycles. The molecule has 2 aliphatic rings. The molecule has 1 atom stereocenters. The van der Waals surface area contributed by atoms with E-state index >= 15 is 0 Å². The first-order chi connectivity index (χ1) is 12.7. The summed E-state index contributed by atoms with van der Waals surface area (Å²) < 4.78 is 0. The van der Waals surface area contributed by atoms with Gasteiger partial charge in [-0.2, -0.15) is 0 Å². The molecule has 2 saturated heterocycles. The van der Waals surface area contributed by atoms with Gasteiger partial charge >= 0.3 is 0 Å². The van der Waals surface area contributed by atoms with Gasteiger partial charge in [-0.25, -0.2) is 4.98 Å². The molecule has 0 bridgehead atoms. The van der Waals surface area contributed by atoms with Gasteiger partial charge in [0, 0.05) is 43.3 Å². The molecule has 2 aliphatic heterocycles. The Morgan fingerprint density at radius 1 is 1.08 bits per heavy atom. The Labute approximate surface area is 161 Å². The van der Waals surface area contributed by atoms with E-state index in [1.165, 1.54) is 66.5 Å². The van der Waals surface area contributed by atoms with Crippen LogP contribution in [0.15, 0.2) is 30.5 Å². The summed E-state index contributed by atoms with van der Waals surface area (Å²) in [5, 5.41) is 1.22. The number of hydrogen-bond donors (Lipinski definition) is 0. The summed E-state index contributed by atoms with van der Waals surface area (Å²) in [7, 11) is 4.25. The van der Waals surface area contributed by atoms with Crippen molar-refractivity contribution in [3.05, 3.63) is 46.5 Å². The van der Waals surface area contributed by atoms with Gasteiger partial charge in [0.1, 0.15) is 0 Å². The fourth-order valence-corrected chi connectivity index (χ4v) is 5.22. The van der Waals surface area contributed by atoms with E-state index in [1.807, 2.05) is 11.3 Å². The number of anilines is 1. The molecule has 1 unspecified atom stereocenters. The minimum Gasteiger partial charge on any atom is -0.348 e. The maximum Gasteiger partial charge on any atom is 0.185 e. The van der Waals surface area contributed by atoms with Crippen molar-refractivity contribution < 1.29 is 0 Å². The molecule has 5 heteroatoms. The van der Waals surface area contributed by atoms with Crippen LogP contribution in [0.1, 0.15) is 47.7 Å². The van der Waals surface area contributed by atoms with Crippen LogP contribution in [0.4, 0.5) is 5.13 Å². The molecule has 0 aliphatic carbocycles. The third-order valence-corrected chi connectivity index (χ3v) is 6.55. The van der Waals surface area contributed by atoms with Gasteiger partial charge in [0.05, 0.1) is 0 Å². The lowest BCUT2D eigenvalue weighted by Crippen LogP contribution is -2.22. The second kappa shape index (κ2) is 8.07. The van der Waals surface area contributed by atoms with Crippen LogP contribution in [-0.4, -0.2) is 48.5 Å². The van der Waals surface area contributed by atoms with E-state index in [1.54, 1.807) is 0 Å². The zero-order chi connectivity index (χ0) is 17.9. The Bertz CT molecular complexity index is 703. The van der Waals surface area contributed by atoms with Crippen molar-refractivity contribution in [1.29, 1.82) is 0 Å². The standard InChI is InChI=1S/C21H30N4S/c1-23(2)15-17-7-9-18(10-8-17)20-6-5-13-25(20)16-19-14-22-21(26-19)24-11-3-4-12-24/h7-10,14,20H,3-6,11-13,15-16H2,1-2H3. The average molecular weight is 371 g/mol. The van der Waals surface area contributed by atoms with Crippen LogP contribution < -0.4 is 4.90 Å². The zero-order valence-corrected chi connectivity index (χ0v) is 16.8. The largest absolute Gasteiger partial charge is 0.348 e. The molecule has 1 aromatic heterocycles. The van der Waals surface area contributed by atoms with Gasteiger partial charge in [-0.3, -0.25) is 4.90 Å². The van der Waals surface area contributed by atoms with Crippen LogP contribution in [0, 0.1) is 0 Å². The highest BCUT2D eigenvalue weighted by atomic mass is 32.1. The molecular weight excluding hydrogens is 340 g/mol. The Balaban J connectivity index is 1.41. The van der Waals surface area contributed by atoms with E-state index in [9.17, 15) is 0 Å². The number of rotatable bonds is 6. The third-order valence-electron chi connectivity index (χ3n) is 5.50. The number of nitrogens with zero attached hydrogens (tertiary/aromatic N) is 4. The summed E-state index contributed by atoms with van der Waals surface area (Å²) in [6.45, 7) is 5.60. The first kappa shape index (κ1) is 18.0. The molecule has 0 radical (unpaired) electrons. The molecule has 0 N–H and O–H groups in total. The van der Waals surface area contributed by atoms with E-state index in [2.05, 4.69) is 59.3 Å². The minimum atomic E-state index is 0.556. The van der Waals surface area contributed by atoms with Crippen LogP contribution in [0.25, 0.3) is 0 Å². The number of thiazole rings is 1. The first-order valence-electron chi connectivity index (χ1n) is 9.86. The molecule has 0 saturated carbocycles. The second-order valence-corrected chi connectivity index (χ2v) is 9.00. The predicted molar refractivity (Wildman–Crippen MR) is 110 cm³/mol. The molecule has 2 aromatic rings. The molecule has 26 heavy (non-hydrogen) atoms. The van der Waals surface area contributed by atoms with Gasteiger partial charge in [-0.05, 0) is 57.5 Å². The van der Waals surface area contributed by atoms with Crippen molar-refractivity contribution in [3.63, 3.8) is 0 Å².